The van der Waals surface area contributed by atoms with E-state index in [1.807, 2.05) is 0 Å². The summed E-state index contributed by atoms with van der Waals surface area (Å²) in [5.41, 5.74) is -0.233. The van der Waals surface area contributed by atoms with Gasteiger partial charge in [-0.25, -0.2) is 4.98 Å². The van der Waals surface area contributed by atoms with Crippen molar-refractivity contribution in [3.63, 3.8) is 0 Å². The van der Waals surface area contributed by atoms with Crippen LogP contribution < -0.4 is 10.9 Å². The zero-order chi connectivity index (χ0) is 17.1. The Morgan fingerprint density at radius 1 is 1.38 bits per heavy atom. The van der Waals surface area contributed by atoms with Gasteiger partial charge in [0, 0.05) is 50.9 Å². The van der Waals surface area contributed by atoms with Gasteiger partial charge in [-0.1, -0.05) is 0 Å². The number of hydrogen-bond donors (Lipinski definition) is 2. The van der Waals surface area contributed by atoms with Crippen LogP contribution in [0.2, 0.25) is 0 Å². The molecule has 0 bridgehead atoms. The van der Waals surface area contributed by atoms with E-state index in [2.05, 4.69) is 39.1 Å². The van der Waals surface area contributed by atoms with E-state index in [9.17, 15) is 9.59 Å². The third kappa shape index (κ3) is 4.21. The van der Waals surface area contributed by atoms with Crippen molar-refractivity contribution >= 4 is 5.91 Å². The Kier molecular flexibility index (Phi) is 5.30. The van der Waals surface area contributed by atoms with Crippen molar-refractivity contribution in [2.75, 3.05) is 39.8 Å². The number of carbonyl (C=O) groups is 1. The van der Waals surface area contributed by atoms with Gasteiger partial charge < -0.3 is 15.2 Å². The summed E-state index contributed by atoms with van der Waals surface area (Å²) in [6.07, 6.45) is 4.42. The number of likely N-dealkylation sites (N-methyl/N-ethyl adjacent to an activating group) is 1. The van der Waals surface area contributed by atoms with Gasteiger partial charge >= 0.3 is 0 Å². The first kappa shape index (κ1) is 17.1. The van der Waals surface area contributed by atoms with E-state index in [1.54, 1.807) is 0 Å². The summed E-state index contributed by atoms with van der Waals surface area (Å²) in [6.45, 7) is 7.07. The first-order chi connectivity index (χ1) is 11.5. The molecule has 132 valence electrons. The van der Waals surface area contributed by atoms with Crippen LogP contribution in [0.1, 0.15) is 48.3 Å². The quantitative estimate of drug-likeness (QED) is 0.788. The molecule has 1 aliphatic carbocycles. The molecule has 3 rings (SSSR count). The standard InChI is InChI=1S/C17H27N5O2/c1-12(22-9-7-21(2)8-10-22)5-6-18-16(23)14-11-19-15(13-3-4-13)20-17(14)24/h11-13H,3-10H2,1-2H3,(H,18,23)(H,19,20,24)/t12-/m0/s1. The van der Waals surface area contributed by atoms with E-state index in [-0.39, 0.29) is 17.0 Å². The molecule has 2 fully saturated rings. The van der Waals surface area contributed by atoms with Crippen LogP contribution in [-0.4, -0.2) is 71.5 Å². The number of aromatic nitrogens is 2. The Labute approximate surface area is 142 Å². The Bertz CT molecular complexity index is 632. The van der Waals surface area contributed by atoms with E-state index < -0.39 is 0 Å². The van der Waals surface area contributed by atoms with Gasteiger partial charge in [0.1, 0.15) is 11.4 Å². The van der Waals surface area contributed by atoms with E-state index in [4.69, 9.17) is 0 Å². The Balaban J connectivity index is 1.46. The second kappa shape index (κ2) is 7.44. The van der Waals surface area contributed by atoms with Crippen molar-refractivity contribution in [3.05, 3.63) is 27.9 Å². The molecular weight excluding hydrogens is 306 g/mol. The minimum atomic E-state index is -0.337. The average molecular weight is 333 g/mol. The van der Waals surface area contributed by atoms with Crippen LogP contribution >= 0.6 is 0 Å². The Hall–Kier alpha value is -1.73. The van der Waals surface area contributed by atoms with Crippen molar-refractivity contribution in [1.29, 1.82) is 0 Å². The number of amides is 1. The molecule has 1 saturated carbocycles. The zero-order valence-corrected chi connectivity index (χ0v) is 14.5. The van der Waals surface area contributed by atoms with E-state index in [1.165, 1.54) is 6.20 Å². The molecule has 2 aliphatic rings. The van der Waals surface area contributed by atoms with E-state index >= 15 is 0 Å². The fourth-order valence-electron chi connectivity index (χ4n) is 3.07. The maximum Gasteiger partial charge on any atom is 0.263 e. The molecule has 7 heteroatoms. The molecule has 1 aromatic heterocycles. The number of piperazine rings is 1. The Morgan fingerprint density at radius 2 is 2.08 bits per heavy atom. The summed E-state index contributed by atoms with van der Waals surface area (Å²) in [7, 11) is 2.14. The van der Waals surface area contributed by atoms with Crippen LogP contribution in [0.5, 0.6) is 0 Å². The summed E-state index contributed by atoms with van der Waals surface area (Å²) in [4.78, 5) is 35.9. The maximum absolute atomic E-state index is 12.2. The molecule has 1 aromatic rings. The minimum absolute atomic E-state index is 0.103. The van der Waals surface area contributed by atoms with Crippen LogP contribution in [0.3, 0.4) is 0 Å². The van der Waals surface area contributed by atoms with Gasteiger partial charge in [-0.15, -0.1) is 0 Å². The van der Waals surface area contributed by atoms with Crippen molar-refractivity contribution in [3.8, 4) is 0 Å². The van der Waals surface area contributed by atoms with Gasteiger partial charge in [-0.2, -0.15) is 0 Å². The van der Waals surface area contributed by atoms with Crippen LogP contribution in [0, 0.1) is 0 Å². The highest BCUT2D eigenvalue weighted by atomic mass is 16.2. The molecule has 7 nitrogen and oxygen atoms in total. The average Bonchev–Trinajstić information content (AvgIpc) is 3.40. The van der Waals surface area contributed by atoms with Crippen molar-refractivity contribution in [1.82, 2.24) is 25.1 Å². The lowest BCUT2D eigenvalue weighted by molar-refractivity contribution is 0.0933. The molecule has 0 unspecified atom stereocenters. The monoisotopic (exact) mass is 333 g/mol. The molecular formula is C17H27N5O2. The van der Waals surface area contributed by atoms with Gasteiger partial charge in [0.15, 0.2) is 0 Å². The second-order valence-electron chi connectivity index (χ2n) is 7.02. The highest BCUT2D eigenvalue weighted by Gasteiger charge is 2.26. The third-order valence-electron chi connectivity index (χ3n) is 5.04. The van der Waals surface area contributed by atoms with E-state index in [0.717, 1.165) is 45.4 Å². The lowest BCUT2D eigenvalue weighted by Crippen LogP contribution is -2.48. The number of nitrogens with zero attached hydrogens (tertiary/aromatic N) is 3. The molecule has 0 radical (unpaired) electrons. The van der Waals surface area contributed by atoms with Gasteiger partial charge in [0.25, 0.3) is 11.5 Å². The number of hydrogen-bond acceptors (Lipinski definition) is 5. The summed E-state index contributed by atoms with van der Waals surface area (Å²) in [5.74, 6) is 0.746. The molecule has 1 atom stereocenters. The normalized spacial score (nSPS) is 20.8. The lowest BCUT2D eigenvalue weighted by atomic mass is 10.1. The first-order valence-electron chi connectivity index (χ1n) is 8.84. The fourth-order valence-corrected chi connectivity index (χ4v) is 3.07. The third-order valence-corrected chi connectivity index (χ3v) is 5.04. The summed E-state index contributed by atoms with van der Waals surface area (Å²) < 4.78 is 0. The van der Waals surface area contributed by atoms with Gasteiger partial charge in [-0.05, 0) is 33.2 Å². The second-order valence-corrected chi connectivity index (χ2v) is 7.02. The first-order valence-corrected chi connectivity index (χ1v) is 8.84. The van der Waals surface area contributed by atoms with Crippen LogP contribution in [0.4, 0.5) is 0 Å². The number of H-pyrrole nitrogens is 1. The van der Waals surface area contributed by atoms with Crippen LogP contribution in [-0.2, 0) is 0 Å². The number of carbonyl (C=O) groups excluding carboxylic acids is 1. The molecule has 0 aromatic carbocycles. The van der Waals surface area contributed by atoms with E-state index in [0.29, 0.717) is 24.3 Å². The molecule has 1 saturated heterocycles. The number of rotatable bonds is 6. The summed E-state index contributed by atoms with van der Waals surface area (Å²) in [6, 6.07) is 0.424. The lowest BCUT2D eigenvalue weighted by Gasteiger charge is -2.36. The summed E-state index contributed by atoms with van der Waals surface area (Å²) >= 11 is 0. The zero-order valence-electron chi connectivity index (χ0n) is 14.5. The van der Waals surface area contributed by atoms with Gasteiger partial charge in [-0.3, -0.25) is 14.5 Å². The SMILES string of the molecule is C[C@@H](CCNC(=O)c1cnc(C2CC2)[nH]c1=O)N1CCN(C)CC1. The van der Waals surface area contributed by atoms with Crippen molar-refractivity contribution in [2.24, 2.45) is 0 Å². The van der Waals surface area contributed by atoms with Crippen molar-refractivity contribution in [2.45, 2.75) is 38.1 Å². The predicted octanol–water partition coefficient (Wildman–Crippen LogP) is 0.403. The molecule has 2 N–H and O–H groups in total. The largest absolute Gasteiger partial charge is 0.352 e. The topological polar surface area (TPSA) is 81.3 Å². The molecule has 0 spiro atoms. The molecule has 1 aliphatic heterocycles. The predicted molar refractivity (Wildman–Crippen MR) is 92.3 cm³/mol. The maximum atomic E-state index is 12.2. The minimum Gasteiger partial charge on any atom is -0.352 e. The van der Waals surface area contributed by atoms with Crippen LogP contribution in [0.25, 0.3) is 0 Å². The fraction of sp³-hybridized carbons (Fsp3) is 0.706. The van der Waals surface area contributed by atoms with Gasteiger partial charge in [0.2, 0.25) is 0 Å². The van der Waals surface area contributed by atoms with Crippen LogP contribution in [0.15, 0.2) is 11.0 Å². The smallest absolute Gasteiger partial charge is 0.263 e. The molecule has 1 amide bonds. The number of nitrogens with one attached hydrogen (secondary N) is 2. The van der Waals surface area contributed by atoms with Crippen molar-refractivity contribution < 1.29 is 4.79 Å². The number of aromatic amines is 1. The Morgan fingerprint density at radius 3 is 2.71 bits per heavy atom. The summed E-state index contributed by atoms with van der Waals surface area (Å²) in [5, 5.41) is 2.85. The highest BCUT2D eigenvalue weighted by Crippen LogP contribution is 2.37. The highest BCUT2D eigenvalue weighted by molar-refractivity contribution is 5.93. The molecule has 24 heavy (non-hydrogen) atoms. The van der Waals surface area contributed by atoms with Gasteiger partial charge in [0.05, 0.1) is 0 Å². The molecule has 2 heterocycles.